The molecular formula is C12H25N3OS2. The standard InChI is InChI=1S/C12H25N3OS2/c13-5-10-17-18-11-6-14-12(16)4-9-15-7-2-1-3-8-15/h1-11,13H2,(H,14,16). The van der Waals surface area contributed by atoms with Gasteiger partial charge in [-0.3, -0.25) is 4.79 Å². The molecule has 0 spiro atoms. The van der Waals surface area contributed by atoms with Crippen molar-refractivity contribution in [3.8, 4) is 0 Å². The Morgan fingerprint density at radius 2 is 1.89 bits per heavy atom. The maximum Gasteiger partial charge on any atom is 0.221 e. The number of likely N-dealkylation sites (tertiary alicyclic amines) is 1. The summed E-state index contributed by atoms with van der Waals surface area (Å²) in [5.74, 6) is 2.12. The first-order chi connectivity index (χ1) is 8.83. The predicted octanol–water partition coefficient (Wildman–Crippen LogP) is 1.32. The van der Waals surface area contributed by atoms with E-state index in [-0.39, 0.29) is 5.91 Å². The molecule has 1 amide bonds. The number of nitrogens with two attached hydrogens (primary N) is 1. The Bertz CT molecular complexity index is 223. The molecule has 1 heterocycles. The van der Waals surface area contributed by atoms with Crippen LogP contribution in [0.3, 0.4) is 0 Å². The Hall–Kier alpha value is 0.0900. The molecular weight excluding hydrogens is 266 g/mol. The highest BCUT2D eigenvalue weighted by atomic mass is 33.1. The lowest BCUT2D eigenvalue weighted by Gasteiger charge is -2.25. The van der Waals surface area contributed by atoms with Crippen molar-refractivity contribution in [2.45, 2.75) is 25.7 Å². The summed E-state index contributed by atoms with van der Waals surface area (Å²) in [7, 11) is 3.55. The van der Waals surface area contributed by atoms with Crippen molar-refractivity contribution in [1.29, 1.82) is 0 Å². The van der Waals surface area contributed by atoms with E-state index >= 15 is 0 Å². The zero-order valence-corrected chi connectivity index (χ0v) is 12.7. The minimum Gasteiger partial charge on any atom is -0.355 e. The molecule has 0 aromatic rings. The minimum atomic E-state index is 0.185. The lowest BCUT2D eigenvalue weighted by Crippen LogP contribution is -2.34. The molecule has 106 valence electrons. The minimum absolute atomic E-state index is 0.185. The molecule has 1 rings (SSSR count). The van der Waals surface area contributed by atoms with Crippen LogP contribution in [0.15, 0.2) is 0 Å². The number of nitrogens with one attached hydrogen (secondary N) is 1. The molecule has 4 nitrogen and oxygen atoms in total. The van der Waals surface area contributed by atoms with Crippen LogP contribution in [0.2, 0.25) is 0 Å². The summed E-state index contributed by atoms with van der Waals surface area (Å²) in [5, 5.41) is 2.97. The molecule has 1 saturated heterocycles. The third kappa shape index (κ3) is 8.24. The number of piperidine rings is 1. The topological polar surface area (TPSA) is 58.4 Å². The molecule has 0 aliphatic carbocycles. The number of carbonyl (C=O) groups is 1. The van der Waals surface area contributed by atoms with Gasteiger partial charge >= 0.3 is 0 Å². The summed E-state index contributed by atoms with van der Waals surface area (Å²) in [6, 6.07) is 0. The van der Waals surface area contributed by atoms with E-state index in [0.29, 0.717) is 6.42 Å². The summed E-state index contributed by atoms with van der Waals surface area (Å²) in [4.78, 5) is 14.0. The molecule has 0 aromatic heterocycles. The number of nitrogens with zero attached hydrogens (tertiary/aromatic N) is 1. The van der Waals surface area contributed by atoms with E-state index < -0.39 is 0 Å². The fraction of sp³-hybridized carbons (Fsp3) is 0.917. The SMILES string of the molecule is NCCSSCCNC(=O)CCN1CCCCC1. The van der Waals surface area contributed by atoms with Gasteiger partial charge in [-0.05, 0) is 25.9 Å². The third-order valence-electron chi connectivity index (χ3n) is 2.90. The van der Waals surface area contributed by atoms with Crippen molar-refractivity contribution in [3.63, 3.8) is 0 Å². The molecule has 1 aliphatic rings. The van der Waals surface area contributed by atoms with Gasteiger partial charge in [0.1, 0.15) is 0 Å². The molecule has 0 atom stereocenters. The van der Waals surface area contributed by atoms with E-state index in [1.807, 2.05) is 0 Å². The average molecular weight is 291 g/mol. The van der Waals surface area contributed by atoms with Crippen LogP contribution in [0, 0.1) is 0 Å². The summed E-state index contributed by atoms with van der Waals surface area (Å²) in [6.45, 7) is 4.74. The molecule has 0 unspecified atom stereocenters. The van der Waals surface area contributed by atoms with Crippen LogP contribution in [-0.2, 0) is 4.79 Å². The fourth-order valence-corrected chi connectivity index (χ4v) is 3.69. The molecule has 18 heavy (non-hydrogen) atoms. The van der Waals surface area contributed by atoms with Crippen LogP contribution in [0.25, 0.3) is 0 Å². The lowest BCUT2D eigenvalue weighted by molar-refractivity contribution is -0.121. The van der Waals surface area contributed by atoms with Crippen LogP contribution < -0.4 is 11.1 Å². The first-order valence-electron chi connectivity index (χ1n) is 6.76. The van der Waals surface area contributed by atoms with Gasteiger partial charge in [-0.15, -0.1) is 0 Å². The van der Waals surface area contributed by atoms with Gasteiger partial charge in [0.2, 0.25) is 5.91 Å². The Morgan fingerprint density at radius 3 is 2.61 bits per heavy atom. The van der Waals surface area contributed by atoms with Gasteiger partial charge in [0.05, 0.1) is 0 Å². The van der Waals surface area contributed by atoms with E-state index in [4.69, 9.17) is 5.73 Å². The molecule has 0 aromatic carbocycles. The van der Waals surface area contributed by atoms with Gasteiger partial charge in [-0.25, -0.2) is 0 Å². The van der Waals surface area contributed by atoms with Gasteiger partial charge < -0.3 is 16.0 Å². The normalized spacial score (nSPS) is 16.7. The average Bonchev–Trinajstić information content (AvgIpc) is 2.41. The highest BCUT2D eigenvalue weighted by Crippen LogP contribution is 2.18. The first-order valence-corrected chi connectivity index (χ1v) is 9.25. The summed E-state index contributed by atoms with van der Waals surface area (Å²) in [6.07, 6.45) is 4.56. The van der Waals surface area contributed by atoms with Crippen LogP contribution in [0.4, 0.5) is 0 Å². The number of hydrogen-bond donors (Lipinski definition) is 2. The van der Waals surface area contributed by atoms with Crippen LogP contribution in [-0.4, -0.2) is 55.0 Å². The van der Waals surface area contributed by atoms with Crippen LogP contribution in [0.1, 0.15) is 25.7 Å². The zero-order chi connectivity index (χ0) is 13.1. The molecule has 3 N–H and O–H groups in total. The monoisotopic (exact) mass is 291 g/mol. The smallest absolute Gasteiger partial charge is 0.221 e. The Morgan fingerprint density at radius 1 is 1.17 bits per heavy atom. The van der Waals surface area contributed by atoms with Crippen molar-refractivity contribution in [2.24, 2.45) is 5.73 Å². The number of hydrogen-bond acceptors (Lipinski definition) is 5. The number of rotatable bonds is 9. The number of amides is 1. The molecule has 0 saturated carbocycles. The molecule has 1 aliphatic heterocycles. The largest absolute Gasteiger partial charge is 0.355 e. The zero-order valence-electron chi connectivity index (χ0n) is 11.0. The second-order valence-corrected chi connectivity index (χ2v) is 7.14. The summed E-state index contributed by atoms with van der Waals surface area (Å²) in [5.41, 5.74) is 5.39. The van der Waals surface area contributed by atoms with Crippen molar-refractivity contribution < 1.29 is 4.79 Å². The molecule has 1 fully saturated rings. The van der Waals surface area contributed by atoms with Crippen molar-refractivity contribution in [3.05, 3.63) is 0 Å². The highest BCUT2D eigenvalue weighted by Gasteiger charge is 2.11. The van der Waals surface area contributed by atoms with E-state index in [0.717, 1.165) is 31.1 Å². The Balaban J connectivity index is 1.90. The summed E-state index contributed by atoms with van der Waals surface area (Å²) >= 11 is 0. The predicted molar refractivity (Wildman–Crippen MR) is 81.9 cm³/mol. The van der Waals surface area contributed by atoms with Crippen LogP contribution in [0.5, 0.6) is 0 Å². The Kier molecular flexibility index (Phi) is 9.83. The van der Waals surface area contributed by atoms with Gasteiger partial charge in [0, 0.05) is 37.6 Å². The van der Waals surface area contributed by atoms with E-state index in [1.165, 1.54) is 32.4 Å². The summed E-state index contributed by atoms with van der Waals surface area (Å²) < 4.78 is 0. The maximum atomic E-state index is 11.6. The van der Waals surface area contributed by atoms with Gasteiger partial charge in [0.25, 0.3) is 0 Å². The van der Waals surface area contributed by atoms with Crippen molar-refractivity contribution in [2.75, 3.05) is 44.2 Å². The maximum absolute atomic E-state index is 11.6. The lowest BCUT2D eigenvalue weighted by atomic mass is 10.1. The van der Waals surface area contributed by atoms with Crippen molar-refractivity contribution in [1.82, 2.24) is 10.2 Å². The Labute approximate surface area is 118 Å². The van der Waals surface area contributed by atoms with Crippen molar-refractivity contribution >= 4 is 27.5 Å². The van der Waals surface area contributed by atoms with Gasteiger partial charge in [0.15, 0.2) is 0 Å². The molecule has 6 heteroatoms. The van der Waals surface area contributed by atoms with E-state index in [2.05, 4.69) is 10.2 Å². The van der Waals surface area contributed by atoms with E-state index in [9.17, 15) is 4.79 Å². The third-order valence-corrected chi connectivity index (χ3v) is 5.34. The second kappa shape index (κ2) is 11.0. The van der Waals surface area contributed by atoms with Gasteiger partial charge in [-0.1, -0.05) is 28.0 Å². The van der Waals surface area contributed by atoms with Crippen LogP contribution >= 0.6 is 21.6 Å². The quantitative estimate of drug-likeness (QED) is 0.496. The second-order valence-electron chi connectivity index (χ2n) is 4.43. The highest BCUT2D eigenvalue weighted by molar-refractivity contribution is 8.76. The fourth-order valence-electron chi connectivity index (χ4n) is 1.93. The van der Waals surface area contributed by atoms with Gasteiger partial charge in [-0.2, -0.15) is 0 Å². The molecule has 0 bridgehead atoms. The van der Waals surface area contributed by atoms with E-state index in [1.54, 1.807) is 21.6 Å². The first kappa shape index (κ1) is 16.1. The molecule has 0 radical (unpaired) electrons. The number of carbonyl (C=O) groups excluding carboxylic acids is 1.